The molecule has 0 aliphatic rings. The minimum absolute atomic E-state index is 0.138. The molecule has 2 heteroatoms. The van der Waals surface area contributed by atoms with Crippen molar-refractivity contribution in [1.82, 2.24) is 0 Å². The Morgan fingerprint density at radius 2 is 1.65 bits per heavy atom. The summed E-state index contributed by atoms with van der Waals surface area (Å²) in [5, 5.41) is 0. The molecule has 0 saturated heterocycles. The van der Waals surface area contributed by atoms with Gasteiger partial charge in [0.2, 0.25) is 0 Å². The number of ketones is 1. The summed E-state index contributed by atoms with van der Waals surface area (Å²) in [7, 11) is 0. The molecule has 0 amide bonds. The van der Waals surface area contributed by atoms with Gasteiger partial charge >= 0.3 is 0 Å². The number of carbonyl (C=O) groups excluding carboxylic acids is 1. The molecule has 20 heavy (non-hydrogen) atoms. The number of hydrogen-bond donors (Lipinski definition) is 1. The first-order chi connectivity index (χ1) is 9.40. The van der Waals surface area contributed by atoms with Gasteiger partial charge in [0, 0.05) is 18.4 Å². The maximum Gasteiger partial charge on any atom is 0.140 e. The van der Waals surface area contributed by atoms with Crippen LogP contribution in [0.5, 0.6) is 0 Å². The van der Waals surface area contributed by atoms with Crippen LogP contribution in [0.1, 0.15) is 64.0 Å². The zero-order valence-corrected chi connectivity index (χ0v) is 13.4. The lowest BCUT2D eigenvalue weighted by Gasteiger charge is -2.12. The highest BCUT2D eigenvalue weighted by Gasteiger charge is 2.13. The van der Waals surface area contributed by atoms with Crippen LogP contribution in [-0.4, -0.2) is 11.8 Å². The third kappa shape index (κ3) is 5.87. The van der Waals surface area contributed by atoms with Crippen LogP contribution in [0.4, 0.5) is 0 Å². The minimum atomic E-state index is 0.138. The second kappa shape index (κ2) is 8.21. The van der Waals surface area contributed by atoms with Crippen LogP contribution in [0.2, 0.25) is 0 Å². The number of rotatable bonds is 8. The molecule has 0 aliphatic heterocycles. The Kier molecular flexibility index (Phi) is 6.94. The molecule has 112 valence electrons. The third-order valence-corrected chi connectivity index (χ3v) is 3.87. The van der Waals surface area contributed by atoms with Gasteiger partial charge in [0.1, 0.15) is 5.78 Å². The Labute approximate surface area is 123 Å². The second-order valence-electron chi connectivity index (χ2n) is 6.35. The molecule has 0 saturated carbocycles. The molecular formula is C18H29NO. The summed E-state index contributed by atoms with van der Waals surface area (Å²) in [6.45, 7) is 8.41. The van der Waals surface area contributed by atoms with Crippen molar-refractivity contribution in [3.05, 3.63) is 35.4 Å². The van der Waals surface area contributed by atoms with E-state index < -0.39 is 0 Å². The summed E-state index contributed by atoms with van der Waals surface area (Å²) in [5.41, 5.74) is 8.18. The standard InChI is InChI=1S/C18H29NO/c1-13(2)17-10-8-16(9-11-17)12-18(20)14(3)6-5-7-15(4)19/h8-11,13-15H,5-7,12,19H2,1-4H3. The maximum atomic E-state index is 12.2. The number of hydrogen-bond acceptors (Lipinski definition) is 2. The quantitative estimate of drug-likeness (QED) is 0.777. The van der Waals surface area contributed by atoms with Crippen LogP contribution in [-0.2, 0) is 11.2 Å². The topological polar surface area (TPSA) is 43.1 Å². The Morgan fingerprint density at radius 3 is 2.15 bits per heavy atom. The van der Waals surface area contributed by atoms with E-state index in [0.29, 0.717) is 18.1 Å². The van der Waals surface area contributed by atoms with E-state index in [1.165, 1.54) is 5.56 Å². The monoisotopic (exact) mass is 275 g/mol. The van der Waals surface area contributed by atoms with Crippen LogP contribution < -0.4 is 5.73 Å². The Bertz CT molecular complexity index is 406. The van der Waals surface area contributed by atoms with E-state index in [9.17, 15) is 4.79 Å². The first-order valence-corrected chi connectivity index (χ1v) is 7.77. The summed E-state index contributed by atoms with van der Waals surface area (Å²) in [6.07, 6.45) is 3.54. The van der Waals surface area contributed by atoms with Crippen molar-refractivity contribution in [2.45, 2.75) is 65.3 Å². The van der Waals surface area contributed by atoms with Crippen molar-refractivity contribution in [3.63, 3.8) is 0 Å². The van der Waals surface area contributed by atoms with Crippen LogP contribution in [0, 0.1) is 5.92 Å². The van der Waals surface area contributed by atoms with E-state index in [1.807, 2.05) is 13.8 Å². The molecule has 0 heterocycles. The summed E-state index contributed by atoms with van der Waals surface area (Å²) in [5.74, 6) is 1.02. The average Bonchev–Trinajstić information content (AvgIpc) is 2.38. The maximum absolute atomic E-state index is 12.2. The fourth-order valence-corrected chi connectivity index (χ4v) is 2.30. The second-order valence-corrected chi connectivity index (χ2v) is 6.35. The van der Waals surface area contributed by atoms with Crippen LogP contribution in [0.15, 0.2) is 24.3 Å². The van der Waals surface area contributed by atoms with Crippen molar-refractivity contribution in [2.24, 2.45) is 11.7 Å². The van der Waals surface area contributed by atoms with Gasteiger partial charge in [-0.25, -0.2) is 0 Å². The van der Waals surface area contributed by atoms with Gasteiger partial charge in [-0.05, 0) is 36.8 Å². The molecule has 2 N–H and O–H groups in total. The third-order valence-electron chi connectivity index (χ3n) is 3.87. The van der Waals surface area contributed by atoms with Gasteiger partial charge in [0.25, 0.3) is 0 Å². The Hall–Kier alpha value is -1.15. The molecule has 2 unspecified atom stereocenters. The van der Waals surface area contributed by atoms with Crippen molar-refractivity contribution < 1.29 is 4.79 Å². The van der Waals surface area contributed by atoms with Crippen LogP contribution >= 0.6 is 0 Å². The van der Waals surface area contributed by atoms with Gasteiger partial charge in [-0.3, -0.25) is 4.79 Å². The molecule has 0 aliphatic carbocycles. The summed E-state index contributed by atoms with van der Waals surface area (Å²) < 4.78 is 0. The molecule has 0 radical (unpaired) electrons. The molecule has 2 atom stereocenters. The molecule has 1 aromatic rings. The van der Waals surface area contributed by atoms with E-state index in [4.69, 9.17) is 5.73 Å². The normalized spacial score (nSPS) is 14.3. The number of nitrogens with two attached hydrogens (primary N) is 1. The van der Waals surface area contributed by atoms with Crippen molar-refractivity contribution in [1.29, 1.82) is 0 Å². The van der Waals surface area contributed by atoms with E-state index >= 15 is 0 Å². The number of benzene rings is 1. The van der Waals surface area contributed by atoms with E-state index in [2.05, 4.69) is 38.1 Å². The highest BCUT2D eigenvalue weighted by Crippen LogP contribution is 2.17. The molecule has 1 aromatic carbocycles. The average molecular weight is 275 g/mol. The van der Waals surface area contributed by atoms with Gasteiger partial charge < -0.3 is 5.73 Å². The fourth-order valence-electron chi connectivity index (χ4n) is 2.30. The fraction of sp³-hybridized carbons (Fsp3) is 0.611. The zero-order chi connectivity index (χ0) is 15.1. The van der Waals surface area contributed by atoms with Crippen molar-refractivity contribution in [2.75, 3.05) is 0 Å². The minimum Gasteiger partial charge on any atom is -0.328 e. The predicted octanol–water partition coefficient (Wildman–Crippen LogP) is 4.08. The predicted molar refractivity (Wildman–Crippen MR) is 85.9 cm³/mol. The van der Waals surface area contributed by atoms with Gasteiger partial charge in [-0.1, -0.05) is 51.5 Å². The van der Waals surface area contributed by atoms with E-state index in [-0.39, 0.29) is 12.0 Å². The van der Waals surface area contributed by atoms with Crippen molar-refractivity contribution >= 4 is 5.78 Å². The lowest BCUT2D eigenvalue weighted by Crippen LogP contribution is -2.17. The molecule has 0 bridgehead atoms. The van der Waals surface area contributed by atoms with Crippen LogP contribution in [0.25, 0.3) is 0 Å². The molecular weight excluding hydrogens is 246 g/mol. The summed E-state index contributed by atoms with van der Waals surface area (Å²) >= 11 is 0. The summed E-state index contributed by atoms with van der Waals surface area (Å²) in [4.78, 5) is 12.2. The Morgan fingerprint density at radius 1 is 1.05 bits per heavy atom. The first-order valence-electron chi connectivity index (χ1n) is 7.77. The Balaban J connectivity index is 2.44. The SMILES string of the molecule is CC(N)CCCC(C)C(=O)Cc1ccc(C(C)C)cc1. The first kappa shape index (κ1) is 16.9. The molecule has 2 nitrogen and oxygen atoms in total. The van der Waals surface area contributed by atoms with Crippen LogP contribution in [0.3, 0.4) is 0 Å². The van der Waals surface area contributed by atoms with Gasteiger partial charge in [-0.15, -0.1) is 0 Å². The lowest BCUT2D eigenvalue weighted by molar-refractivity contribution is -0.121. The molecule has 0 fully saturated rings. The largest absolute Gasteiger partial charge is 0.328 e. The van der Waals surface area contributed by atoms with E-state index in [0.717, 1.165) is 24.8 Å². The summed E-state index contributed by atoms with van der Waals surface area (Å²) in [6, 6.07) is 8.67. The number of Topliss-reactive ketones (excluding diaryl/α,β-unsaturated/α-hetero) is 1. The highest BCUT2D eigenvalue weighted by molar-refractivity contribution is 5.82. The van der Waals surface area contributed by atoms with Crippen molar-refractivity contribution in [3.8, 4) is 0 Å². The zero-order valence-electron chi connectivity index (χ0n) is 13.4. The van der Waals surface area contributed by atoms with Gasteiger partial charge in [0.15, 0.2) is 0 Å². The molecule has 1 rings (SSSR count). The lowest BCUT2D eigenvalue weighted by atomic mass is 9.93. The van der Waals surface area contributed by atoms with Gasteiger partial charge in [-0.2, -0.15) is 0 Å². The van der Waals surface area contributed by atoms with Gasteiger partial charge in [0.05, 0.1) is 0 Å². The number of carbonyl (C=O) groups is 1. The molecule has 0 aromatic heterocycles. The highest BCUT2D eigenvalue weighted by atomic mass is 16.1. The smallest absolute Gasteiger partial charge is 0.140 e. The van der Waals surface area contributed by atoms with E-state index in [1.54, 1.807) is 0 Å². The molecule has 0 spiro atoms.